The molecule has 30 heavy (non-hydrogen) atoms. The van der Waals surface area contributed by atoms with Crippen molar-refractivity contribution < 1.29 is 9.53 Å². The number of rotatable bonds is 6. The molecule has 0 spiro atoms. The number of amides is 1. The second kappa shape index (κ2) is 8.97. The molecule has 0 fully saturated rings. The summed E-state index contributed by atoms with van der Waals surface area (Å²) in [5.74, 6) is 0.440. The van der Waals surface area contributed by atoms with Gasteiger partial charge in [-0.05, 0) is 55.0 Å². The molecule has 2 heterocycles. The van der Waals surface area contributed by atoms with Gasteiger partial charge < -0.3 is 10.1 Å². The molecule has 0 saturated heterocycles. The fraction of sp³-hybridized carbons (Fsp3) is 0.150. The maximum absolute atomic E-state index is 12.4. The quantitative estimate of drug-likeness (QED) is 0.443. The van der Waals surface area contributed by atoms with E-state index in [1.165, 1.54) is 11.3 Å². The van der Waals surface area contributed by atoms with Crippen LogP contribution in [-0.4, -0.2) is 37.4 Å². The molecule has 0 unspecified atom stereocenters. The van der Waals surface area contributed by atoms with E-state index in [9.17, 15) is 4.79 Å². The molecule has 0 aliphatic rings. The van der Waals surface area contributed by atoms with Crippen LogP contribution in [0.25, 0.3) is 15.5 Å². The van der Waals surface area contributed by atoms with E-state index in [1.54, 1.807) is 35.1 Å². The van der Waals surface area contributed by atoms with Crippen molar-refractivity contribution in [3.05, 3.63) is 60.4 Å². The Kier molecular flexibility index (Phi) is 5.96. The van der Waals surface area contributed by atoms with Crippen molar-refractivity contribution in [2.45, 2.75) is 13.3 Å². The van der Waals surface area contributed by atoms with Gasteiger partial charge in [0.2, 0.25) is 4.96 Å². The highest BCUT2D eigenvalue weighted by Crippen LogP contribution is 2.26. The smallest absolute Gasteiger partial charge is 0.257 e. The average molecular weight is 439 g/mol. The second-order valence-corrected chi connectivity index (χ2v) is 7.69. The standard InChI is InChI=1S/C20H18N6O2S2/c1-2-10-28-16-8-6-13(7-9-16)17(27)23-19(29)22-15-5-3-4-14(11-15)18-25-26-12-21-24-20(26)30-18/h3-9,11-12H,2,10H2,1H3,(H2,22,23,27,29). The fourth-order valence-corrected chi connectivity index (χ4v) is 3.69. The number of nitrogens with one attached hydrogen (secondary N) is 2. The summed E-state index contributed by atoms with van der Waals surface area (Å²) in [5.41, 5.74) is 2.15. The first-order valence-electron chi connectivity index (χ1n) is 9.25. The lowest BCUT2D eigenvalue weighted by molar-refractivity contribution is 0.0977. The summed E-state index contributed by atoms with van der Waals surface area (Å²) < 4.78 is 7.16. The van der Waals surface area contributed by atoms with Crippen molar-refractivity contribution in [3.63, 3.8) is 0 Å². The summed E-state index contributed by atoms with van der Waals surface area (Å²) in [7, 11) is 0. The Balaban J connectivity index is 1.39. The molecule has 4 aromatic rings. The minimum absolute atomic E-state index is 0.210. The Bertz CT molecular complexity index is 1160. The monoisotopic (exact) mass is 438 g/mol. The maximum atomic E-state index is 12.4. The number of carbonyl (C=O) groups is 1. The minimum Gasteiger partial charge on any atom is -0.494 e. The van der Waals surface area contributed by atoms with Crippen molar-refractivity contribution in [3.8, 4) is 16.3 Å². The van der Waals surface area contributed by atoms with E-state index in [-0.39, 0.29) is 11.0 Å². The van der Waals surface area contributed by atoms with Gasteiger partial charge in [-0.25, -0.2) is 0 Å². The number of aromatic nitrogens is 4. The van der Waals surface area contributed by atoms with Crippen molar-refractivity contribution in [1.29, 1.82) is 0 Å². The van der Waals surface area contributed by atoms with E-state index in [4.69, 9.17) is 17.0 Å². The van der Waals surface area contributed by atoms with Crippen LogP contribution in [0.2, 0.25) is 0 Å². The summed E-state index contributed by atoms with van der Waals surface area (Å²) >= 11 is 6.73. The number of benzene rings is 2. The molecule has 2 aromatic heterocycles. The maximum Gasteiger partial charge on any atom is 0.257 e. The normalized spacial score (nSPS) is 10.7. The van der Waals surface area contributed by atoms with E-state index in [0.29, 0.717) is 12.2 Å². The van der Waals surface area contributed by atoms with Crippen LogP contribution in [0.5, 0.6) is 5.75 Å². The third-order valence-electron chi connectivity index (χ3n) is 4.07. The lowest BCUT2D eigenvalue weighted by Gasteiger charge is -2.11. The predicted octanol–water partition coefficient (Wildman–Crippen LogP) is 3.77. The molecule has 8 nitrogen and oxygen atoms in total. The van der Waals surface area contributed by atoms with Gasteiger partial charge in [-0.1, -0.05) is 30.4 Å². The SMILES string of the molecule is CCCOc1ccc(C(=O)NC(=S)Nc2cccc(-c3nn4cnnc4s3)c2)cc1. The molecular formula is C20H18N6O2S2. The first kappa shape index (κ1) is 19.9. The number of nitrogens with zero attached hydrogens (tertiary/aromatic N) is 4. The Labute approximate surface area is 181 Å². The highest BCUT2D eigenvalue weighted by Gasteiger charge is 2.11. The van der Waals surface area contributed by atoms with Gasteiger partial charge in [0.25, 0.3) is 5.91 Å². The van der Waals surface area contributed by atoms with Crippen molar-refractivity contribution in [1.82, 2.24) is 25.1 Å². The molecule has 1 amide bonds. The first-order chi connectivity index (χ1) is 14.6. The van der Waals surface area contributed by atoms with E-state index < -0.39 is 0 Å². The van der Waals surface area contributed by atoms with Gasteiger partial charge in [-0.15, -0.1) is 10.2 Å². The second-order valence-electron chi connectivity index (χ2n) is 6.33. The average Bonchev–Trinajstić information content (AvgIpc) is 3.35. The number of carbonyl (C=O) groups excluding carboxylic acids is 1. The van der Waals surface area contributed by atoms with Crippen LogP contribution >= 0.6 is 23.6 Å². The number of hydrogen-bond acceptors (Lipinski definition) is 7. The summed E-state index contributed by atoms with van der Waals surface area (Å²) in [6.45, 7) is 2.68. The fourth-order valence-electron chi connectivity index (χ4n) is 2.67. The zero-order valence-corrected chi connectivity index (χ0v) is 17.7. The van der Waals surface area contributed by atoms with Crippen molar-refractivity contribution in [2.24, 2.45) is 0 Å². The van der Waals surface area contributed by atoms with E-state index >= 15 is 0 Å². The molecule has 0 atom stereocenters. The van der Waals surface area contributed by atoms with Crippen LogP contribution in [0, 0.1) is 0 Å². The van der Waals surface area contributed by atoms with Crippen molar-refractivity contribution >= 4 is 45.2 Å². The summed E-state index contributed by atoms with van der Waals surface area (Å²) in [5, 5.41) is 19.0. The Morgan fingerprint density at radius 2 is 2.07 bits per heavy atom. The lowest BCUT2D eigenvalue weighted by Crippen LogP contribution is -2.34. The number of fused-ring (bicyclic) bond motifs is 1. The third kappa shape index (κ3) is 4.61. The van der Waals surface area contributed by atoms with Gasteiger partial charge in [0.1, 0.15) is 17.1 Å². The van der Waals surface area contributed by atoms with Crippen molar-refractivity contribution in [2.75, 3.05) is 11.9 Å². The molecule has 0 aliphatic carbocycles. The van der Waals surface area contributed by atoms with Gasteiger partial charge in [0.05, 0.1) is 6.61 Å². The number of thiocarbonyl (C=S) groups is 1. The van der Waals surface area contributed by atoms with Crippen LogP contribution in [0.3, 0.4) is 0 Å². The Hall–Kier alpha value is -3.37. The van der Waals surface area contributed by atoms with Gasteiger partial charge >= 0.3 is 0 Å². The van der Waals surface area contributed by atoms with Crippen LogP contribution in [0.1, 0.15) is 23.7 Å². The van der Waals surface area contributed by atoms with E-state index in [0.717, 1.165) is 33.4 Å². The molecule has 2 N–H and O–H groups in total. The number of ether oxygens (including phenoxy) is 1. The van der Waals surface area contributed by atoms with Gasteiger partial charge in [-0.3, -0.25) is 10.1 Å². The molecular weight excluding hydrogens is 420 g/mol. The molecule has 0 aliphatic heterocycles. The molecule has 10 heteroatoms. The zero-order valence-electron chi connectivity index (χ0n) is 16.0. The van der Waals surface area contributed by atoms with Gasteiger partial charge in [0.15, 0.2) is 5.11 Å². The zero-order chi connectivity index (χ0) is 20.9. The predicted molar refractivity (Wildman–Crippen MR) is 120 cm³/mol. The Morgan fingerprint density at radius 3 is 2.83 bits per heavy atom. The highest BCUT2D eigenvalue weighted by molar-refractivity contribution is 7.80. The largest absolute Gasteiger partial charge is 0.494 e. The molecule has 2 aromatic carbocycles. The molecule has 0 bridgehead atoms. The lowest BCUT2D eigenvalue weighted by atomic mass is 10.2. The van der Waals surface area contributed by atoms with Crippen LogP contribution in [-0.2, 0) is 0 Å². The van der Waals surface area contributed by atoms with Crippen LogP contribution in [0.4, 0.5) is 5.69 Å². The molecule has 152 valence electrons. The highest BCUT2D eigenvalue weighted by atomic mass is 32.1. The molecule has 4 rings (SSSR count). The topological polar surface area (TPSA) is 93.4 Å². The van der Waals surface area contributed by atoms with E-state index in [1.807, 2.05) is 31.2 Å². The third-order valence-corrected chi connectivity index (χ3v) is 5.24. The number of hydrogen-bond donors (Lipinski definition) is 2. The van der Waals surface area contributed by atoms with Gasteiger partial charge in [-0.2, -0.15) is 9.61 Å². The Morgan fingerprint density at radius 1 is 1.23 bits per heavy atom. The number of anilines is 1. The summed E-state index contributed by atoms with van der Waals surface area (Å²) in [6, 6.07) is 14.6. The summed E-state index contributed by atoms with van der Waals surface area (Å²) in [4.78, 5) is 13.1. The minimum atomic E-state index is -0.292. The molecule has 0 radical (unpaired) electrons. The first-order valence-corrected chi connectivity index (χ1v) is 10.5. The van der Waals surface area contributed by atoms with Crippen LogP contribution < -0.4 is 15.4 Å². The van der Waals surface area contributed by atoms with Gasteiger partial charge in [0, 0.05) is 16.8 Å². The summed E-state index contributed by atoms with van der Waals surface area (Å²) in [6.07, 6.45) is 2.49. The van der Waals surface area contributed by atoms with Crippen LogP contribution in [0.15, 0.2) is 54.9 Å². The molecule has 0 saturated carbocycles. The van der Waals surface area contributed by atoms with E-state index in [2.05, 4.69) is 25.9 Å².